The van der Waals surface area contributed by atoms with Gasteiger partial charge in [-0.2, -0.15) is 0 Å². The second-order valence-electron chi connectivity index (χ2n) is 6.40. The van der Waals surface area contributed by atoms with E-state index in [1.807, 2.05) is 78.9 Å². The number of para-hydroxylation sites is 2. The molecule has 0 fully saturated rings. The average Bonchev–Trinajstić information content (AvgIpc) is 3.00. The summed E-state index contributed by atoms with van der Waals surface area (Å²) in [7, 11) is 0. The van der Waals surface area contributed by atoms with E-state index < -0.39 is 0 Å². The van der Waals surface area contributed by atoms with Crippen LogP contribution in [0.2, 0.25) is 5.02 Å². The number of hydrogen-bond acceptors (Lipinski definition) is 3. The first-order chi connectivity index (χ1) is 14.1. The summed E-state index contributed by atoms with van der Waals surface area (Å²) in [5, 5.41) is 23.9. The van der Waals surface area contributed by atoms with Gasteiger partial charge in [0.2, 0.25) is 11.0 Å². The van der Waals surface area contributed by atoms with Crippen LogP contribution in [0.4, 0.5) is 11.4 Å². The Bertz CT molecular complexity index is 1190. The lowest BCUT2D eigenvalue weighted by atomic mass is 10.2. The number of halogens is 1. The van der Waals surface area contributed by atoms with Crippen LogP contribution in [0.1, 0.15) is 5.56 Å². The fourth-order valence-corrected chi connectivity index (χ4v) is 3.35. The van der Waals surface area contributed by atoms with Crippen molar-refractivity contribution in [2.45, 2.75) is 6.54 Å². The minimum atomic E-state index is 0.0346. The summed E-state index contributed by atoms with van der Waals surface area (Å²) in [5.74, 6) is 0.0346. The van der Waals surface area contributed by atoms with Crippen LogP contribution in [0, 0.1) is 0 Å². The van der Waals surface area contributed by atoms with Crippen molar-refractivity contribution in [3.63, 3.8) is 0 Å². The van der Waals surface area contributed by atoms with Crippen LogP contribution in [0.15, 0.2) is 89.1 Å². The molecule has 0 atom stereocenters. The normalized spacial score (nSPS) is 11.2. The zero-order chi connectivity index (χ0) is 20.2. The van der Waals surface area contributed by atoms with Gasteiger partial charge in [0.05, 0.1) is 12.1 Å². The predicted octanol–water partition coefficient (Wildman–Crippen LogP) is 6.53. The number of nitrogens with zero attached hydrogens (tertiary/aromatic N) is 3. The minimum Gasteiger partial charge on any atom is -0.493 e. The molecule has 1 heterocycles. The van der Waals surface area contributed by atoms with E-state index in [1.54, 1.807) is 4.57 Å². The van der Waals surface area contributed by atoms with Crippen molar-refractivity contribution in [3.05, 3.63) is 89.4 Å². The fraction of sp³-hybridized carbons (Fsp3) is 0.0455. The zero-order valence-electron chi connectivity index (χ0n) is 15.3. The lowest BCUT2D eigenvalue weighted by Gasteiger charge is -2.07. The molecular formula is C22H17ClN4OS. The Morgan fingerprint density at radius 1 is 0.966 bits per heavy atom. The Morgan fingerprint density at radius 2 is 1.66 bits per heavy atom. The van der Waals surface area contributed by atoms with Crippen molar-refractivity contribution < 1.29 is 5.11 Å². The maximum Gasteiger partial charge on any atom is 0.221 e. The molecule has 144 valence electrons. The quantitative estimate of drug-likeness (QED) is 0.291. The maximum atomic E-state index is 10.9. The zero-order valence-corrected chi connectivity index (χ0v) is 16.9. The van der Waals surface area contributed by atoms with Gasteiger partial charge >= 0.3 is 0 Å². The molecule has 1 aromatic heterocycles. The molecule has 2 N–H and O–H groups in total. The van der Waals surface area contributed by atoms with Crippen molar-refractivity contribution in [2.24, 2.45) is 10.2 Å². The van der Waals surface area contributed by atoms with Gasteiger partial charge in [-0.3, -0.25) is 0 Å². The third-order valence-electron chi connectivity index (χ3n) is 4.44. The number of aromatic hydroxyl groups is 1. The molecule has 0 amide bonds. The first kappa shape index (κ1) is 19.1. The van der Waals surface area contributed by atoms with E-state index in [0.29, 0.717) is 17.3 Å². The van der Waals surface area contributed by atoms with E-state index >= 15 is 0 Å². The maximum absolute atomic E-state index is 10.9. The third-order valence-corrected chi connectivity index (χ3v) is 4.87. The lowest BCUT2D eigenvalue weighted by Crippen LogP contribution is -2.04. The van der Waals surface area contributed by atoms with Gasteiger partial charge in [-0.25, -0.2) is 0 Å². The van der Waals surface area contributed by atoms with Gasteiger partial charge < -0.3 is 15.0 Å². The van der Waals surface area contributed by atoms with Crippen LogP contribution in [-0.2, 0) is 6.54 Å². The van der Waals surface area contributed by atoms with E-state index in [9.17, 15) is 5.11 Å². The average molecular weight is 421 g/mol. The SMILES string of the molecule is Oc1c(N=NC(=S)Nc2ccccc2)c2ccccc2n1Cc1ccc(Cl)cc1. The number of hydrogen-bond donors (Lipinski definition) is 2. The van der Waals surface area contributed by atoms with Gasteiger partial charge in [0.1, 0.15) is 0 Å². The molecule has 0 saturated heterocycles. The molecule has 29 heavy (non-hydrogen) atoms. The number of benzene rings is 3. The Labute approximate surface area is 178 Å². The number of azo groups is 1. The van der Waals surface area contributed by atoms with Crippen LogP contribution in [0.25, 0.3) is 10.9 Å². The van der Waals surface area contributed by atoms with E-state index in [4.69, 9.17) is 23.8 Å². The van der Waals surface area contributed by atoms with Crippen molar-refractivity contribution >= 4 is 51.2 Å². The summed E-state index contributed by atoms with van der Waals surface area (Å²) >= 11 is 11.2. The van der Waals surface area contributed by atoms with Gasteiger partial charge in [-0.05, 0) is 48.1 Å². The lowest BCUT2D eigenvalue weighted by molar-refractivity contribution is 0.429. The molecule has 0 saturated carbocycles. The summed E-state index contributed by atoms with van der Waals surface area (Å²) < 4.78 is 1.79. The Balaban J connectivity index is 1.65. The first-order valence-corrected chi connectivity index (χ1v) is 9.73. The molecule has 0 spiro atoms. The van der Waals surface area contributed by atoms with Crippen LogP contribution in [-0.4, -0.2) is 14.8 Å². The molecule has 5 nitrogen and oxygen atoms in total. The summed E-state index contributed by atoms with van der Waals surface area (Å²) in [6.07, 6.45) is 0. The highest BCUT2D eigenvalue weighted by molar-refractivity contribution is 7.80. The van der Waals surface area contributed by atoms with Gasteiger partial charge in [-0.1, -0.05) is 60.1 Å². The molecule has 0 unspecified atom stereocenters. The number of fused-ring (bicyclic) bond motifs is 1. The molecule has 0 aliphatic carbocycles. The Hall–Kier alpha value is -3.22. The molecule has 7 heteroatoms. The third kappa shape index (κ3) is 4.29. The topological polar surface area (TPSA) is 61.9 Å². The van der Waals surface area contributed by atoms with Gasteiger partial charge in [0, 0.05) is 16.1 Å². The van der Waals surface area contributed by atoms with Crippen molar-refractivity contribution in [3.8, 4) is 5.88 Å². The number of thiocarbonyl (C=S) groups is 1. The van der Waals surface area contributed by atoms with E-state index in [0.717, 1.165) is 22.2 Å². The highest BCUT2D eigenvalue weighted by Crippen LogP contribution is 2.39. The highest BCUT2D eigenvalue weighted by atomic mass is 35.5. The summed E-state index contributed by atoms with van der Waals surface area (Å²) in [6, 6.07) is 24.7. The van der Waals surface area contributed by atoms with Crippen LogP contribution >= 0.6 is 23.8 Å². The summed E-state index contributed by atoms with van der Waals surface area (Å²) in [5.41, 5.74) is 3.07. The molecule has 0 bridgehead atoms. The smallest absolute Gasteiger partial charge is 0.221 e. The fourth-order valence-electron chi connectivity index (χ4n) is 3.07. The van der Waals surface area contributed by atoms with Crippen molar-refractivity contribution in [1.82, 2.24) is 4.57 Å². The highest BCUT2D eigenvalue weighted by Gasteiger charge is 2.16. The largest absolute Gasteiger partial charge is 0.493 e. The van der Waals surface area contributed by atoms with E-state index in [1.165, 1.54) is 0 Å². The number of rotatable bonds is 4. The number of aromatic nitrogens is 1. The second-order valence-corrected chi connectivity index (χ2v) is 7.22. The Morgan fingerprint density at radius 3 is 2.41 bits per heavy atom. The summed E-state index contributed by atoms with van der Waals surface area (Å²) in [6.45, 7) is 0.478. The van der Waals surface area contributed by atoms with Crippen molar-refractivity contribution in [2.75, 3.05) is 5.32 Å². The molecule has 0 aliphatic rings. The standard InChI is InChI=1S/C22H17ClN4OS/c23-16-12-10-15(11-13-16)14-27-19-9-5-4-8-18(19)20(21(27)28)25-26-22(29)24-17-6-2-1-3-7-17/h1-13,28H,14H2,(H,24,29). The molecule has 0 radical (unpaired) electrons. The predicted molar refractivity (Wildman–Crippen MR) is 121 cm³/mol. The van der Waals surface area contributed by atoms with Crippen LogP contribution in [0.5, 0.6) is 5.88 Å². The number of anilines is 1. The molecular weight excluding hydrogens is 404 g/mol. The first-order valence-electron chi connectivity index (χ1n) is 8.94. The van der Waals surface area contributed by atoms with Crippen LogP contribution in [0.3, 0.4) is 0 Å². The van der Waals surface area contributed by atoms with E-state index in [-0.39, 0.29) is 11.0 Å². The minimum absolute atomic E-state index is 0.0346. The molecule has 3 aromatic carbocycles. The molecule has 4 rings (SSSR count). The van der Waals surface area contributed by atoms with Gasteiger partial charge in [0.25, 0.3) is 0 Å². The molecule has 4 aromatic rings. The van der Waals surface area contributed by atoms with Crippen LogP contribution < -0.4 is 5.32 Å². The van der Waals surface area contributed by atoms with Crippen molar-refractivity contribution in [1.29, 1.82) is 0 Å². The number of nitrogens with one attached hydrogen (secondary N) is 1. The second kappa shape index (κ2) is 8.43. The molecule has 0 aliphatic heterocycles. The summed E-state index contributed by atoms with van der Waals surface area (Å²) in [4.78, 5) is 0. The van der Waals surface area contributed by atoms with Gasteiger partial charge in [-0.15, -0.1) is 10.2 Å². The Kier molecular flexibility index (Phi) is 5.55. The van der Waals surface area contributed by atoms with E-state index in [2.05, 4.69) is 15.5 Å². The monoisotopic (exact) mass is 420 g/mol. The van der Waals surface area contributed by atoms with Gasteiger partial charge in [0.15, 0.2) is 5.69 Å².